The Bertz CT molecular complexity index is 345. The van der Waals surface area contributed by atoms with Gasteiger partial charge in [0.2, 0.25) is 0 Å². The topological polar surface area (TPSA) is 43.4 Å². The fourth-order valence-electron chi connectivity index (χ4n) is 2.31. The highest BCUT2D eigenvalue weighted by atomic mass is 16.5. The van der Waals surface area contributed by atoms with E-state index in [9.17, 15) is 9.59 Å². The maximum absolute atomic E-state index is 11.2. The molecule has 120 valence electrons. The Balaban J connectivity index is 0.000000885. The van der Waals surface area contributed by atoms with Gasteiger partial charge in [0.05, 0.1) is 6.61 Å². The molecule has 0 aromatic carbocycles. The van der Waals surface area contributed by atoms with Crippen molar-refractivity contribution >= 4 is 12.3 Å². The SMILES string of the molecule is C=C(C)C.C=C(C)C(=O)OCC1CCC(CCC=O)CC1. The third kappa shape index (κ3) is 11.0. The molecule has 21 heavy (non-hydrogen) atoms. The molecule has 1 fully saturated rings. The number of allylic oxidation sites excluding steroid dienone is 1. The van der Waals surface area contributed by atoms with Gasteiger partial charge in [-0.15, -0.1) is 6.58 Å². The summed E-state index contributed by atoms with van der Waals surface area (Å²) >= 11 is 0. The van der Waals surface area contributed by atoms with E-state index >= 15 is 0 Å². The summed E-state index contributed by atoms with van der Waals surface area (Å²) in [4.78, 5) is 21.5. The van der Waals surface area contributed by atoms with E-state index in [1.54, 1.807) is 6.92 Å². The van der Waals surface area contributed by atoms with Crippen molar-refractivity contribution in [2.24, 2.45) is 11.8 Å². The lowest BCUT2D eigenvalue weighted by atomic mass is 9.80. The molecule has 1 rings (SSSR count). The van der Waals surface area contributed by atoms with Crippen LogP contribution in [0.4, 0.5) is 0 Å². The van der Waals surface area contributed by atoms with Crippen LogP contribution in [0.2, 0.25) is 0 Å². The van der Waals surface area contributed by atoms with Crippen molar-refractivity contribution in [3.05, 3.63) is 24.3 Å². The van der Waals surface area contributed by atoms with Gasteiger partial charge in [-0.25, -0.2) is 4.79 Å². The van der Waals surface area contributed by atoms with Crippen LogP contribution in [0.15, 0.2) is 24.3 Å². The highest BCUT2D eigenvalue weighted by Crippen LogP contribution is 2.31. The zero-order valence-electron chi connectivity index (χ0n) is 13.8. The molecule has 0 atom stereocenters. The summed E-state index contributed by atoms with van der Waals surface area (Å²) in [5, 5.41) is 0. The van der Waals surface area contributed by atoms with Crippen molar-refractivity contribution in [1.29, 1.82) is 0 Å². The highest BCUT2D eigenvalue weighted by Gasteiger charge is 2.21. The lowest BCUT2D eigenvalue weighted by molar-refractivity contribution is -0.140. The second-order valence-electron chi connectivity index (χ2n) is 6.22. The standard InChI is InChI=1S/C14H22O3.C4H8/c1-11(2)14(16)17-10-13-7-5-12(6-8-13)4-3-9-15;1-4(2)3/h9,12-13H,1,3-8,10H2,2H3;1H2,2-3H3. The Morgan fingerprint density at radius 3 is 2.00 bits per heavy atom. The van der Waals surface area contributed by atoms with Crippen LogP contribution in [-0.2, 0) is 14.3 Å². The molecule has 1 aliphatic rings. The molecular weight excluding hydrogens is 264 g/mol. The van der Waals surface area contributed by atoms with Crippen LogP contribution in [0.3, 0.4) is 0 Å². The number of hydrogen-bond donors (Lipinski definition) is 0. The lowest BCUT2D eigenvalue weighted by Gasteiger charge is -2.27. The second kappa shape index (κ2) is 11.3. The first-order valence-electron chi connectivity index (χ1n) is 7.75. The summed E-state index contributed by atoms with van der Waals surface area (Å²) in [7, 11) is 0. The number of carbonyl (C=O) groups excluding carboxylic acids is 2. The molecule has 0 aromatic heterocycles. The van der Waals surface area contributed by atoms with E-state index in [2.05, 4.69) is 13.2 Å². The van der Waals surface area contributed by atoms with Crippen LogP contribution in [-0.4, -0.2) is 18.9 Å². The van der Waals surface area contributed by atoms with Gasteiger partial charge in [-0.3, -0.25) is 0 Å². The minimum Gasteiger partial charge on any atom is -0.462 e. The maximum Gasteiger partial charge on any atom is 0.333 e. The number of carbonyl (C=O) groups is 2. The van der Waals surface area contributed by atoms with Gasteiger partial charge >= 0.3 is 5.97 Å². The molecule has 0 N–H and O–H groups in total. The summed E-state index contributed by atoms with van der Waals surface area (Å²) in [6.07, 6.45) is 7.22. The summed E-state index contributed by atoms with van der Waals surface area (Å²) in [5.74, 6) is 0.896. The fraction of sp³-hybridized carbons (Fsp3) is 0.667. The monoisotopic (exact) mass is 294 g/mol. The molecule has 0 aliphatic heterocycles. The van der Waals surface area contributed by atoms with Gasteiger partial charge < -0.3 is 9.53 Å². The predicted molar refractivity (Wildman–Crippen MR) is 87.0 cm³/mol. The Morgan fingerprint density at radius 2 is 1.57 bits per heavy atom. The van der Waals surface area contributed by atoms with Crippen molar-refractivity contribution in [1.82, 2.24) is 0 Å². The van der Waals surface area contributed by atoms with Crippen LogP contribution in [0.1, 0.15) is 59.3 Å². The van der Waals surface area contributed by atoms with Gasteiger partial charge in [0.15, 0.2) is 0 Å². The first-order valence-corrected chi connectivity index (χ1v) is 7.75. The van der Waals surface area contributed by atoms with E-state index in [-0.39, 0.29) is 5.97 Å². The molecule has 0 spiro atoms. The molecule has 0 unspecified atom stereocenters. The van der Waals surface area contributed by atoms with Gasteiger partial charge in [-0.05, 0) is 51.9 Å². The molecule has 1 aliphatic carbocycles. The molecule has 3 heteroatoms. The van der Waals surface area contributed by atoms with Crippen molar-refractivity contribution in [2.45, 2.75) is 59.3 Å². The van der Waals surface area contributed by atoms with Gasteiger partial charge in [-0.1, -0.05) is 25.0 Å². The second-order valence-corrected chi connectivity index (χ2v) is 6.22. The van der Waals surface area contributed by atoms with Crippen molar-refractivity contribution < 1.29 is 14.3 Å². The van der Waals surface area contributed by atoms with E-state index in [0.29, 0.717) is 30.4 Å². The van der Waals surface area contributed by atoms with Crippen LogP contribution in [0, 0.1) is 11.8 Å². The first-order chi connectivity index (χ1) is 9.86. The van der Waals surface area contributed by atoms with Crippen LogP contribution < -0.4 is 0 Å². The van der Waals surface area contributed by atoms with E-state index in [0.717, 1.165) is 38.4 Å². The van der Waals surface area contributed by atoms with E-state index in [1.807, 2.05) is 13.8 Å². The van der Waals surface area contributed by atoms with Crippen molar-refractivity contribution in [3.63, 3.8) is 0 Å². The van der Waals surface area contributed by atoms with Crippen molar-refractivity contribution in [2.75, 3.05) is 6.61 Å². The molecular formula is C18H30O3. The van der Waals surface area contributed by atoms with Crippen LogP contribution in [0.5, 0.6) is 0 Å². The number of rotatable bonds is 6. The third-order valence-corrected chi connectivity index (χ3v) is 3.46. The average Bonchev–Trinajstić information content (AvgIpc) is 2.42. The number of ether oxygens (including phenoxy) is 1. The summed E-state index contributed by atoms with van der Waals surface area (Å²) in [6.45, 7) is 13.2. The Morgan fingerprint density at radius 1 is 1.10 bits per heavy atom. The van der Waals surface area contributed by atoms with Gasteiger partial charge in [-0.2, -0.15) is 0 Å². The molecule has 0 amide bonds. The summed E-state index contributed by atoms with van der Waals surface area (Å²) in [6, 6.07) is 0. The number of hydrogen-bond acceptors (Lipinski definition) is 3. The summed E-state index contributed by atoms with van der Waals surface area (Å²) in [5.41, 5.74) is 1.63. The van der Waals surface area contributed by atoms with E-state index in [4.69, 9.17) is 4.74 Å². The van der Waals surface area contributed by atoms with E-state index < -0.39 is 0 Å². The Hall–Kier alpha value is -1.38. The Kier molecular flexibility index (Phi) is 10.6. The quantitative estimate of drug-likeness (QED) is 0.314. The zero-order valence-corrected chi connectivity index (χ0v) is 13.8. The van der Waals surface area contributed by atoms with Gasteiger partial charge in [0.25, 0.3) is 0 Å². The highest BCUT2D eigenvalue weighted by molar-refractivity contribution is 5.86. The molecule has 0 heterocycles. The third-order valence-electron chi connectivity index (χ3n) is 3.46. The number of aldehydes is 1. The van der Waals surface area contributed by atoms with Gasteiger partial charge in [0, 0.05) is 12.0 Å². The zero-order chi connectivity index (χ0) is 16.3. The van der Waals surface area contributed by atoms with Gasteiger partial charge in [0.1, 0.15) is 6.29 Å². The molecule has 0 aromatic rings. The predicted octanol–water partition coefficient (Wildman–Crippen LogP) is 4.47. The molecule has 0 saturated heterocycles. The average molecular weight is 294 g/mol. The Labute approximate surface area is 129 Å². The molecule has 1 saturated carbocycles. The number of esters is 1. The minimum absolute atomic E-state index is 0.284. The minimum atomic E-state index is -0.284. The lowest BCUT2D eigenvalue weighted by Crippen LogP contribution is -2.20. The fourth-order valence-corrected chi connectivity index (χ4v) is 2.31. The molecule has 3 nitrogen and oxygen atoms in total. The van der Waals surface area contributed by atoms with Crippen LogP contribution >= 0.6 is 0 Å². The normalized spacial score (nSPS) is 20.7. The summed E-state index contributed by atoms with van der Waals surface area (Å²) < 4.78 is 5.16. The largest absolute Gasteiger partial charge is 0.462 e. The van der Waals surface area contributed by atoms with E-state index in [1.165, 1.54) is 5.57 Å². The maximum atomic E-state index is 11.2. The molecule has 0 radical (unpaired) electrons. The van der Waals surface area contributed by atoms with Crippen molar-refractivity contribution in [3.8, 4) is 0 Å². The van der Waals surface area contributed by atoms with Crippen LogP contribution in [0.25, 0.3) is 0 Å². The smallest absolute Gasteiger partial charge is 0.333 e. The molecule has 0 bridgehead atoms. The first kappa shape index (κ1) is 19.6.